The molecule has 1 aliphatic heterocycles. The van der Waals surface area contributed by atoms with Crippen molar-refractivity contribution in [3.63, 3.8) is 0 Å². The molecule has 1 atom stereocenters. The van der Waals surface area contributed by atoms with Gasteiger partial charge < -0.3 is 14.7 Å². The summed E-state index contributed by atoms with van der Waals surface area (Å²) in [6.45, 7) is 4.45. The van der Waals surface area contributed by atoms with Gasteiger partial charge in [-0.15, -0.1) is 0 Å². The number of nitrogens with zero attached hydrogens (tertiary/aromatic N) is 2. The third kappa shape index (κ3) is 5.39. The Morgan fingerprint density at radius 3 is 2.44 bits per heavy atom. The fourth-order valence-electron chi connectivity index (χ4n) is 2.69. The van der Waals surface area contributed by atoms with E-state index in [0.29, 0.717) is 0 Å². The molecule has 8 nitrogen and oxygen atoms in total. The molecule has 1 amide bonds. The van der Waals surface area contributed by atoms with Crippen LogP contribution in [0.2, 0.25) is 0 Å². The highest BCUT2D eigenvalue weighted by Gasteiger charge is 2.41. The number of halogens is 1. The van der Waals surface area contributed by atoms with E-state index in [0.717, 1.165) is 10.4 Å². The smallest absolute Gasteiger partial charge is 0.410 e. The third-order valence-electron chi connectivity index (χ3n) is 3.92. The average molecular weight is 402 g/mol. The van der Waals surface area contributed by atoms with Gasteiger partial charge in [0.15, 0.2) is 0 Å². The van der Waals surface area contributed by atoms with Gasteiger partial charge in [-0.05, 0) is 26.8 Å². The summed E-state index contributed by atoms with van der Waals surface area (Å²) in [5, 5.41) is 9.47. The molecule has 1 aromatic carbocycles. The summed E-state index contributed by atoms with van der Waals surface area (Å²) in [7, 11) is -4.10. The molecule has 0 radical (unpaired) electrons. The second-order valence-electron chi connectivity index (χ2n) is 7.24. The largest absolute Gasteiger partial charge is 0.480 e. The number of rotatable bonds is 4. The molecule has 10 heteroatoms. The van der Waals surface area contributed by atoms with Crippen LogP contribution >= 0.6 is 0 Å². The number of piperazine rings is 1. The second kappa shape index (κ2) is 7.81. The van der Waals surface area contributed by atoms with Crippen molar-refractivity contribution in [2.45, 2.75) is 38.2 Å². The van der Waals surface area contributed by atoms with Crippen molar-refractivity contribution in [2.24, 2.45) is 0 Å². The van der Waals surface area contributed by atoms with Crippen molar-refractivity contribution >= 4 is 22.1 Å². The molecule has 0 aliphatic carbocycles. The fourth-order valence-corrected chi connectivity index (χ4v) is 4.38. The SMILES string of the molecule is CC(C)(C)OC(=O)N1CCN(S(=O)(=O)Cc2ccccc2F)[C@H](C(=O)O)C1. The summed E-state index contributed by atoms with van der Waals surface area (Å²) in [5.74, 6) is -2.73. The van der Waals surface area contributed by atoms with E-state index in [2.05, 4.69) is 0 Å². The van der Waals surface area contributed by atoms with E-state index in [9.17, 15) is 27.5 Å². The van der Waals surface area contributed by atoms with Gasteiger partial charge >= 0.3 is 12.1 Å². The molecule has 27 heavy (non-hydrogen) atoms. The monoisotopic (exact) mass is 402 g/mol. The number of carboxylic acid groups (broad SMARTS) is 1. The first-order chi connectivity index (χ1) is 12.4. The molecule has 150 valence electrons. The molecule has 1 fully saturated rings. The topological polar surface area (TPSA) is 104 Å². The molecule has 1 aromatic rings. The van der Waals surface area contributed by atoms with Crippen LogP contribution in [-0.4, -0.2) is 66.1 Å². The van der Waals surface area contributed by atoms with Crippen LogP contribution < -0.4 is 0 Å². The zero-order valence-electron chi connectivity index (χ0n) is 15.4. The van der Waals surface area contributed by atoms with Gasteiger partial charge in [-0.3, -0.25) is 4.79 Å². The Morgan fingerprint density at radius 2 is 1.89 bits per heavy atom. The Bertz CT molecular complexity index is 821. The van der Waals surface area contributed by atoms with Crippen LogP contribution in [0.15, 0.2) is 24.3 Å². The van der Waals surface area contributed by atoms with Crippen LogP contribution in [0.4, 0.5) is 9.18 Å². The van der Waals surface area contributed by atoms with E-state index < -0.39 is 45.3 Å². The Hall–Kier alpha value is -2.20. The maximum atomic E-state index is 13.8. The molecule has 2 rings (SSSR count). The highest BCUT2D eigenvalue weighted by Crippen LogP contribution is 2.21. The van der Waals surface area contributed by atoms with Crippen molar-refractivity contribution in [3.05, 3.63) is 35.6 Å². The maximum Gasteiger partial charge on any atom is 0.410 e. The lowest BCUT2D eigenvalue weighted by Crippen LogP contribution is -2.59. The Kier molecular flexibility index (Phi) is 6.10. The molecular formula is C17H23FN2O6S. The molecule has 1 aliphatic rings. The van der Waals surface area contributed by atoms with Gasteiger partial charge in [0.05, 0.1) is 12.3 Å². The first kappa shape index (κ1) is 21.1. The predicted octanol–water partition coefficient (Wildman–Crippen LogP) is 1.66. The first-order valence-corrected chi connectivity index (χ1v) is 9.95. The zero-order chi connectivity index (χ0) is 20.4. The van der Waals surface area contributed by atoms with Crippen molar-refractivity contribution in [2.75, 3.05) is 19.6 Å². The summed E-state index contributed by atoms with van der Waals surface area (Å²) in [4.78, 5) is 25.0. The van der Waals surface area contributed by atoms with E-state index in [-0.39, 0.29) is 25.2 Å². The van der Waals surface area contributed by atoms with Crippen LogP contribution in [0, 0.1) is 5.82 Å². The number of sulfonamides is 1. The quantitative estimate of drug-likeness (QED) is 0.821. The summed E-state index contributed by atoms with van der Waals surface area (Å²) < 4.78 is 45.2. The summed E-state index contributed by atoms with van der Waals surface area (Å²) >= 11 is 0. The number of hydrogen-bond acceptors (Lipinski definition) is 5. The molecule has 1 N–H and O–H groups in total. The number of amides is 1. The lowest BCUT2D eigenvalue weighted by Gasteiger charge is -2.38. The minimum atomic E-state index is -4.10. The van der Waals surface area contributed by atoms with Gasteiger partial charge in [-0.1, -0.05) is 18.2 Å². The molecule has 1 heterocycles. The average Bonchev–Trinajstić information content (AvgIpc) is 2.54. The number of carbonyl (C=O) groups is 2. The van der Waals surface area contributed by atoms with Crippen molar-refractivity contribution in [1.82, 2.24) is 9.21 Å². The van der Waals surface area contributed by atoms with Gasteiger partial charge in [0.25, 0.3) is 0 Å². The Morgan fingerprint density at radius 1 is 1.26 bits per heavy atom. The van der Waals surface area contributed by atoms with E-state index >= 15 is 0 Å². The van der Waals surface area contributed by atoms with Crippen LogP contribution in [-0.2, 0) is 25.3 Å². The molecule has 0 unspecified atom stereocenters. The normalized spacial score (nSPS) is 19.0. The minimum absolute atomic E-state index is 0.0187. The van der Waals surface area contributed by atoms with Crippen LogP contribution in [0.3, 0.4) is 0 Å². The number of hydrogen-bond donors (Lipinski definition) is 1. The van der Waals surface area contributed by atoms with E-state index in [1.807, 2.05) is 0 Å². The maximum absolute atomic E-state index is 13.8. The van der Waals surface area contributed by atoms with Gasteiger partial charge in [0.1, 0.15) is 17.5 Å². The molecule has 0 aromatic heterocycles. The lowest BCUT2D eigenvalue weighted by molar-refractivity contribution is -0.143. The van der Waals surface area contributed by atoms with Crippen LogP contribution in [0.5, 0.6) is 0 Å². The standard InChI is InChI=1S/C17H23FN2O6S/c1-17(2,3)26-16(23)19-8-9-20(14(10-19)15(21)22)27(24,25)11-12-6-4-5-7-13(12)18/h4-7,14H,8-11H2,1-3H3,(H,21,22)/t14-/m0/s1. The number of benzene rings is 1. The number of ether oxygens (including phenoxy) is 1. The summed E-state index contributed by atoms with van der Waals surface area (Å²) in [6, 6.07) is 3.94. The Labute approximate surface area is 157 Å². The van der Waals surface area contributed by atoms with Gasteiger partial charge in [-0.25, -0.2) is 17.6 Å². The predicted molar refractivity (Wildman–Crippen MR) is 95.0 cm³/mol. The fraction of sp³-hybridized carbons (Fsp3) is 0.529. The summed E-state index contributed by atoms with van der Waals surface area (Å²) in [6.07, 6.45) is -0.708. The number of carboxylic acids is 1. The van der Waals surface area contributed by atoms with Crippen molar-refractivity contribution < 1.29 is 32.2 Å². The third-order valence-corrected chi connectivity index (χ3v) is 5.75. The van der Waals surface area contributed by atoms with E-state index in [1.54, 1.807) is 20.8 Å². The number of carbonyl (C=O) groups excluding carboxylic acids is 1. The van der Waals surface area contributed by atoms with Crippen molar-refractivity contribution in [3.8, 4) is 0 Å². The first-order valence-electron chi connectivity index (χ1n) is 8.34. The van der Waals surface area contributed by atoms with E-state index in [4.69, 9.17) is 4.74 Å². The highest BCUT2D eigenvalue weighted by atomic mass is 32.2. The minimum Gasteiger partial charge on any atom is -0.480 e. The Balaban J connectivity index is 2.19. The van der Waals surface area contributed by atoms with Crippen molar-refractivity contribution in [1.29, 1.82) is 0 Å². The molecule has 0 saturated carbocycles. The molecule has 0 bridgehead atoms. The summed E-state index contributed by atoms with van der Waals surface area (Å²) in [5.41, 5.74) is -0.805. The van der Waals surface area contributed by atoms with E-state index in [1.165, 1.54) is 23.1 Å². The van der Waals surface area contributed by atoms with Gasteiger partial charge in [0.2, 0.25) is 10.0 Å². The number of aliphatic carboxylic acids is 1. The van der Waals surface area contributed by atoms with Crippen LogP contribution in [0.25, 0.3) is 0 Å². The zero-order valence-corrected chi connectivity index (χ0v) is 16.2. The molecule has 1 saturated heterocycles. The second-order valence-corrected chi connectivity index (χ2v) is 9.16. The highest BCUT2D eigenvalue weighted by molar-refractivity contribution is 7.88. The van der Waals surface area contributed by atoms with Gasteiger partial charge in [-0.2, -0.15) is 4.31 Å². The molecular weight excluding hydrogens is 379 g/mol. The van der Waals surface area contributed by atoms with Crippen LogP contribution in [0.1, 0.15) is 26.3 Å². The molecule has 0 spiro atoms. The van der Waals surface area contributed by atoms with Gasteiger partial charge in [0, 0.05) is 18.7 Å². The lowest BCUT2D eigenvalue weighted by atomic mass is 10.2.